The minimum absolute atomic E-state index is 0.902. The number of aromatic nitrogens is 3. The molecular formula is C108H141N3. The number of fused-ring (bicyclic) bond motifs is 18. The van der Waals surface area contributed by atoms with Crippen LogP contribution in [0.3, 0.4) is 0 Å². The zero-order valence-electron chi connectivity index (χ0n) is 74.0. The second-order valence-electron chi connectivity index (χ2n) is 24.4. The van der Waals surface area contributed by atoms with E-state index in [-0.39, 0.29) is 0 Å². The fourth-order valence-corrected chi connectivity index (χ4v) is 15.1. The van der Waals surface area contributed by atoms with Crippen LogP contribution in [-0.2, 0) is 58.2 Å². The summed E-state index contributed by atoms with van der Waals surface area (Å²) < 4.78 is 7.47. The van der Waals surface area contributed by atoms with Crippen LogP contribution in [0, 0.1) is 0 Å². The molecule has 0 saturated carbocycles. The van der Waals surface area contributed by atoms with Crippen LogP contribution in [0.1, 0.15) is 254 Å². The van der Waals surface area contributed by atoms with E-state index in [0.717, 1.165) is 58.2 Å². The van der Waals surface area contributed by atoms with E-state index in [2.05, 4.69) is 289 Å². The van der Waals surface area contributed by atoms with E-state index < -0.39 is 0 Å². The minimum Gasteiger partial charge on any atom is -0.336 e. The molecule has 588 valence electrons. The summed E-state index contributed by atoms with van der Waals surface area (Å²) in [4.78, 5) is 0. The fourth-order valence-electron chi connectivity index (χ4n) is 15.1. The number of benzene rings is 12. The Morgan fingerprint density at radius 2 is 0.486 bits per heavy atom. The molecule has 0 bridgehead atoms. The van der Waals surface area contributed by atoms with Crippen LogP contribution >= 0.6 is 0 Å². The van der Waals surface area contributed by atoms with Crippen molar-refractivity contribution >= 4 is 65.4 Å². The van der Waals surface area contributed by atoms with Gasteiger partial charge >= 0.3 is 0 Å². The molecule has 12 aromatic carbocycles. The molecule has 0 aliphatic heterocycles. The SMILES string of the molecule is CC.CC.CC.CC.CC.CC.CC.CC.CC.CC.CC.CC.CCc1ccc2c(c1)c1ccccc1n2Cc1ccc2c(c1)Cc1ccccc1-2.CCc1ccc2c3ccccc3n(Cc3ccc4c(c3)Cc3ccccc3-4)c2c1.CCc1cccc2c1c1ccccc1n2Cc1ccc2c(c1)Cc1ccccc1-2. The van der Waals surface area contributed by atoms with Gasteiger partial charge < -0.3 is 13.7 Å². The maximum Gasteiger partial charge on any atom is 0.0497 e. The van der Waals surface area contributed by atoms with E-state index in [1.54, 1.807) is 0 Å². The van der Waals surface area contributed by atoms with Crippen molar-refractivity contribution in [2.45, 2.75) is 245 Å². The molecule has 3 heteroatoms. The number of rotatable bonds is 9. The number of para-hydroxylation sites is 3. The summed E-state index contributed by atoms with van der Waals surface area (Å²) in [6, 6.07) is 94.6. The fraction of sp³-hybridized carbons (Fsp3) is 0.333. The first-order valence-corrected chi connectivity index (χ1v) is 43.6. The maximum atomic E-state index is 2.49. The third kappa shape index (κ3) is 21.2. The lowest BCUT2D eigenvalue weighted by atomic mass is 10.0. The molecule has 3 aliphatic carbocycles. The highest BCUT2D eigenvalue weighted by atomic mass is 15.0. The molecule has 0 N–H and O–H groups in total. The standard InChI is InChI=1S/3C28H23N.12C2H6/c1-2-20-9-7-13-27-28(20)25-11-5-6-12-26(25)29(27)18-19-14-15-24-22(16-19)17-21-8-3-4-10-23(21)24;1-2-19-11-14-26-25-9-5-6-10-27(25)29(28(26)16-19)18-20-12-13-24-22(15-20)17-21-7-3-4-8-23(21)24;1-2-19-12-14-28-26(16-19)25-9-5-6-10-27(25)29(28)18-20-11-13-24-22(15-20)17-21-7-3-4-8-23(21)24;12*1-2/h3*3-16H,2,17-18H2,1H3;12*1-2H3. The minimum atomic E-state index is 0.902. The first-order valence-electron chi connectivity index (χ1n) is 43.6. The van der Waals surface area contributed by atoms with Gasteiger partial charge in [-0.3, -0.25) is 0 Å². The lowest BCUT2D eigenvalue weighted by Crippen LogP contribution is -2.00. The third-order valence-corrected chi connectivity index (χ3v) is 19.4. The average molecular weight is 1480 g/mol. The van der Waals surface area contributed by atoms with Crippen LogP contribution in [-0.4, -0.2) is 13.7 Å². The molecule has 0 atom stereocenters. The van der Waals surface area contributed by atoms with E-state index >= 15 is 0 Å². The first-order chi connectivity index (χ1) is 55.0. The summed E-state index contributed by atoms with van der Waals surface area (Å²) in [5, 5.41) is 8.21. The Labute approximate surface area is 674 Å². The number of aryl methyl sites for hydroxylation is 3. The van der Waals surface area contributed by atoms with Gasteiger partial charge in [-0.15, -0.1) is 0 Å². The van der Waals surface area contributed by atoms with Crippen LogP contribution < -0.4 is 0 Å². The molecule has 3 heterocycles. The maximum absolute atomic E-state index is 2.49. The molecule has 111 heavy (non-hydrogen) atoms. The summed E-state index contributed by atoms with van der Waals surface area (Å²) in [6.45, 7) is 57.4. The zero-order valence-corrected chi connectivity index (χ0v) is 74.0. The first kappa shape index (κ1) is 93.4. The van der Waals surface area contributed by atoms with Gasteiger partial charge in [0.15, 0.2) is 0 Å². The summed E-state index contributed by atoms with van der Waals surface area (Å²) >= 11 is 0. The largest absolute Gasteiger partial charge is 0.336 e. The Morgan fingerprint density at radius 3 is 0.892 bits per heavy atom. The van der Waals surface area contributed by atoms with Gasteiger partial charge in [-0.1, -0.05) is 399 Å². The van der Waals surface area contributed by atoms with Gasteiger partial charge in [-0.05, 0) is 181 Å². The average Bonchev–Trinajstić information content (AvgIpc) is 1.57. The van der Waals surface area contributed by atoms with Crippen molar-refractivity contribution in [3.05, 3.63) is 322 Å². The Kier molecular flexibility index (Phi) is 42.1. The van der Waals surface area contributed by atoms with Gasteiger partial charge in [-0.25, -0.2) is 0 Å². The smallest absolute Gasteiger partial charge is 0.0497 e. The van der Waals surface area contributed by atoms with E-state index in [1.165, 1.54) is 166 Å². The molecule has 0 radical (unpaired) electrons. The van der Waals surface area contributed by atoms with E-state index in [0.29, 0.717) is 0 Å². The highest BCUT2D eigenvalue weighted by Gasteiger charge is 2.23. The van der Waals surface area contributed by atoms with E-state index in [4.69, 9.17) is 0 Å². The Hall–Kier alpha value is -9.96. The van der Waals surface area contributed by atoms with Gasteiger partial charge in [0.2, 0.25) is 0 Å². The van der Waals surface area contributed by atoms with E-state index in [9.17, 15) is 0 Å². The molecule has 18 rings (SSSR count). The van der Waals surface area contributed by atoms with Crippen molar-refractivity contribution < 1.29 is 0 Å². The molecule has 15 aromatic rings. The van der Waals surface area contributed by atoms with Crippen LogP contribution in [0.15, 0.2) is 255 Å². The van der Waals surface area contributed by atoms with Crippen LogP contribution in [0.4, 0.5) is 0 Å². The van der Waals surface area contributed by atoms with Gasteiger partial charge in [0.05, 0.1) is 0 Å². The number of hydrogen-bond acceptors (Lipinski definition) is 0. The predicted octanol–water partition coefficient (Wildman–Crippen LogP) is 33.2. The van der Waals surface area contributed by atoms with Crippen LogP contribution in [0.5, 0.6) is 0 Å². The Balaban J connectivity index is 0.000000309. The molecular weight excluding hydrogens is 1340 g/mol. The van der Waals surface area contributed by atoms with E-state index in [1.807, 2.05) is 166 Å². The van der Waals surface area contributed by atoms with Crippen LogP contribution in [0.2, 0.25) is 0 Å². The predicted molar refractivity (Wildman–Crippen MR) is 504 cm³/mol. The second kappa shape index (κ2) is 50.0. The third-order valence-electron chi connectivity index (χ3n) is 19.4. The summed E-state index contributed by atoms with van der Waals surface area (Å²) in [5.74, 6) is 0. The highest BCUT2D eigenvalue weighted by Crippen LogP contribution is 2.42. The number of nitrogens with zero attached hydrogens (tertiary/aromatic N) is 3. The highest BCUT2D eigenvalue weighted by molar-refractivity contribution is 6.11. The van der Waals surface area contributed by atoms with Crippen molar-refractivity contribution in [3.8, 4) is 33.4 Å². The summed E-state index contributed by atoms with van der Waals surface area (Å²) in [5.41, 5.74) is 33.5. The molecule has 3 aromatic heterocycles. The van der Waals surface area contributed by atoms with Crippen molar-refractivity contribution in [3.63, 3.8) is 0 Å². The van der Waals surface area contributed by atoms with Gasteiger partial charge in [0, 0.05) is 85.1 Å². The van der Waals surface area contributed by atoms with Crippen molar-refractivity contribution in [2.75, 3.05) is 0 Å². The lowest BCUT2D eigenvalue weighted by Gasteiger charge is -2.10. The Bertz CT molecular complexity index is 5080. The molecule has 0 spiro atoms. The number of hydrogen-bond donors (Lipinski definition) is 0. The topological polar surface area (TPSA) is 14.8 Å². The van der Waals surface area contributed by atoms with Gasteiger partial charge in [0.25, 0.3) is 0 Å². The second-order valence-corrected chi connectivity index (χ2v) is 24.4. The van der Waals surface area contributed by atoms with Crippen molar-refractivity contribution in [1.29, 1.82) is 0 Å². The zero-order chi connectivity index (χ0) is 82.1. The molecule has 3 nitrogen and oxygen atoms in total. The van der Waals surface area contributed by atoms with Crippen molar-refractivity contribution in [2.24, 2.45) is 0 Å². The molecule has 0 fully saturated rings. The quantitative estimate of drug-likeness (QED) is 0.137. The molecule has 3 aliphatic rings. The summed E-state index contributed by atoms with van der Waals surface area (Å²) in [7, 11) is 0. The molecule has 0 amide bonds. The molecule has 0 unspecified atom stereocenters. The van der Waals surface area contributed by atoms with Crippen LogP contribution in [0.25, 0.3) is 98.8 Å². The normalized spacial score (nSPS) is 10.4. The van der Waals surface area contributed by atoms with Crippen molar-refractivity contribution in [1.82, 2.24) is 13.7 Å². The Morgan fingerprint density at radius 1 is 0.198 bits per heavy atom. The van der Waals surface area contributed by atoms with Gasteiger partial charge in [0.1, 0.15) is 0 Å². The van der Waals surface area contributed by atoms with Gasteiger partial charge in [-0.2, -0.15) is 0 Å². The molecule has 0 saturated heterocycles. The lowest BCUT2D eigenvalue weighted by molar-refractivity contribution is 0.866. The monoisotopic (exact) mass is 1480 g/mol. The summed E-state index contributed by atoms with van der Waals surface area (Å²) in [6.07, 6.45) is 6.34.